The van der Waals surface area contributed by atoms with E-state index in [1.807, 2.05) is 6.07 Å². The third-order valence-electron chi connectivity index (χ3n) is 7.68. The number of likely N-dealkylation sites (tertiary alicyclic amines) is 1. The minimum Gasteiger partial charge on any atom is -0.481 e. The van der Waals surface area contributed by atoms with Crippen molar-refractivity contribution in [2.45, 2.75) is 36.6 Å². The lowest BCUT2D eigenvalue weighted by Gasteiger charge is -2.25. The van der Waals surface area contributed by atoms with E-state index >= 15 is 0 Å². The van der Waals surface area contributed by atoms with Crippen LogP contribution >= 0.6 is 11.3 Å². The van der Waals surface area contributed by atoms with Gasteiger partial charge in [0.1, 0.15) is 15.4 Å². The van der Waals surface area contributed by atoms with Gasteiger partial charge in [-0.15, -0.1) is 0 Å². The number of nitrogens with one attached hydrogen (secondary N) is 1. The van der Waals surface area contributed by atoms with E-state index < -0.39 is 15.4 Å². The highest BCUT2D eigenvalue weighted by Crippen LogP contribution is 2.47. The second-order valence-corrected chi connectivity index (χ2v) is 13.1. The molecule has 0 bridgehead atoms. The van der Waals surface area contributed by atoms with Crippen molar-refractivity contribution in [1.29, 1.82) is 0 Å². The molecule has 2 aliphatic heterocycles. The van der Waals surface area contributed by atoms with Crippen LogP contribution in [0.1, 0.15) is 29.5 Å². The maximum Gasteiger partial charge on any atom is 0.240 e. The first-order valence-electron chi connectivity index (χ1n) is 13.1. The van der Waals surface area contributed by atoms with Crippen LogP contribution in [-0.4, -0.2) is 66.8 Å². The van der Waals surface area contributed by atoms with E-state index in [2.05, 4.69) is 19.7 Å². The van der Waals surface area contributed by atoms with E-state index in [9.17, 15) is 18.0 Å². The topological polar surface area (TPSA) is 135 Å². The molecule has 2 aliphatic rings. The third-order valence-corrected chi connectivity index (χ3v) is 10.0. The van der Waals surface area contributed by atoms with Crippen LogP contribution in [0.3, 0.4) is 0 Å². The SMILES string of the molecule is COc1ccc2nc(CC(=O)N3CC4(CCN(C(C)=O)C4)c4cc(S(=O)(=O)NCc5cccnc5)ccc43)sc2n1. The van der Waals surface area contributed by atoms with Crippen LogP contribution in [0.25, 0.3) is 10.3 Å². The number of hydrogen-bond donors (Lipinski definition) is 1. The van der Waals surface area contributed by atoms with Crippen molar-refractivity contribution in [1.82, 2.24) is 24.6 Å². The summed E-state index contributed by atoms with van der Waals surface area (Å²) in [5.41, 5.74) is 2.29. The fourth-order valence-electron chi connectivity index (χ4n) is 5.55. The first-order valence-corrected chi connectivity index (χ1v) is 15.4. The minimum absolute atomic E-state index is 0.0486. The number of fused-ring (bicyclic) bond motifs is 3. The van der Waals surface area contributed by atoms with Gasteiger partial charge in [0.05, 0.1) is 18.4 Å². The number of pyridine rings is 2. The molecule has 0 saturated carbocycles. The molecule has 6 rings (SSSR count). The Morgan fingerprint density at radius 1 is 1.15 bits per heavy atom. The van der Waals surface area contributed by atoms with Crippen LogP contribution in [0.4, 0.5) is 5.69 Å². The van der Waals surface area contributed by atoms with E-state index in [0.29, 0.717) is 53.0 Å². The number of anilines is 1. The molecule has 1 fully saturated rings. The van der Waals surface area contributed by atoms with Crippen molar-refractivity contribution >= 4 is 49.2 Å². The van der Waals surface area contributed by atoms with Gasteiger partial charge in [0, 0.05) is 62.7 Å². The summed E-state index contributed by atoms with van der Waals surface area (Å²) in [6, 6.07) is 12.0. The van der Waals surface area contributed by atoms with Crippen molar-refractivity contribution in [3.8, 4) is 5.88 Å². The molecule has 1 aromatic carbocycles. The number of aromatic nitrogens is 3. The van der Waals surface area contributed by atoms with Gasteiger partial charge in [-0.1, -0.05) is 17.4 Å². The number of methoxy groups -OCH3 is 1. The lowest BCUT2D eigenvalue weighted by molar-refractivity contribution is -0.127. The van der Waals surface area contributed by atoms with Gasteiger partial charge in [-0.05, 0) is 47.9 Å². The Morgan fingerprint density at radius 2 is 2.00 bits per heavy atom. The summed E-state index contributed by atoms with van der Waals surface area (Å²) in [6.07, 6.45) is 3.93. The molecule has 1 spiro atoms. The van der Waals surface area contributed by atoms with E-state index in [-0.39, 0.29) is 29.7 Å². The number of carbonyl (C=O) groups excluding carboxylic acids is 2. The Bertz CT molecular complexity index is 1760. The molecular weight excluding hydrogens is 564 g/mol. The summed E-state index contributed by atoms with van der Waals surface area (Å²) >= 11 is 1.34. The van der Waals surface area contributed by atoms with Crippen molar-refractivity contribution in [2.75, 3.05) is 31.6 Å². The molecule has 4 aromatic rings. The lowest BCUT2D eigenvalue weighted by atomic mass is 9.81. The van der Waals surface area contributed by atoms with Gasteiger partial charge < -0.3 is 14.5 Å². The number of ether oxygens (including phenoxy) is 1. The molecule has 1 N–H and O–H groups in total. The third kappa shape index (κ3) is 5.16. The summed E-state index contributed by atoms with van der Waals surface area (Å²) in [7, 11) is -2.30. The number of nitrogens with zero attached hydrogens (tertiary/aromatic N) is 5. The predicted molar refractivity (Wildman–Crippen MR) is 153 cm³/mol. The van der Waals surface area contributed by atoms with Crippen LogP contribution in [-0.2, 0) is 38.0 Å². The minimum atomic E-state index is -3.85. The average Bonchev–Trinajstić information content (AvgIpc) is 3.67. The number of benzene rings is 1. The van der Waals surface area contributed by atoms with Crippen molar-refractivity contribution in [3.05, 3.63) is 71.0 Å². The normalized spacial score (nSPS) is 18.3. The number of thiazole rings is 1. The van der Waals surface area contributed by atoms with E-state index in [1.54, 1.807) is 59.6 Å². The van der Waals surface area contributed by atoms with Gasteiger partial charge in [-0.25, -0.2) is 23.1 Å². The number of sulfonamides is 1. The highest BCUT2D eigenvalue weighted by Gasteiger charge is 2.49. The summed E-state index contributed by atoms with van der Waals surface area (Å²) in [4.78, 5) is 43.2. The van der Waals surface area contributed by atoms with Crippen LogP contribution in [0.2, 0.25) is 0 Å². The number of amides is 2. The maximum absolute atomic E-state index is 13.7. The highest BCUT2D eigenvalue weighted by atomic mass is 32.2. The summed E-state index contributed by atoms with van der Waals surface area (Å²) in [5.74, 6) is 0.277. The van der Waals surface area contributed by atoms with Gasteiger partial charge >= 0.3 is 0 Å². The second-order valence-electron chi connectivity index (χ2n) is 10.3. The lowest BCUT2D eigenvalue weighted by Crippen LogP contribution is -2.40. The molecule has 212 valence electrons. The summed E-state index contributed by atoms with van der Waals surface area (Å²) < 4.78 is 34.4. The smallest absolute Gasteiger partial charge is 0.240 e. The zero-order valence-corrected chi connectivity index (χ0v) is 24.2. The molecule has 1 atom stereocenters. The highest BCUT2D eigenvalue weighted by molar-refractivity contribution is 7.89. The van der Waals surface area contributed by atoms with Gasteiger partial charge in [0.2, 0.25) is 27.7 Å². The molecule has 0 radical (unpaired) electrons. The van der Waals surface area contributed by atoms with Crippen LogP contribution in [0.15, 0.2) is 59.8 Å². The Hall–Kier alpha value is -3.94. The second kappa shape index (κ2) is 10.5. The largest absolute Gasteiger partial charge is 0.481 e. The van der Waals surface area contributed by atoms with Crippen molar-refractivity contribution in [2.24, 2.45) is 0 Å². The van der Waals surface area contributed by atoms with Gasteiger partial charge in [-0.2, -0.15) is 0 Å². The first kappa shape index (κ1) is 27.2. The quantitative estimate of drug-likeness (QED) is 0.346. The fraction of sp³-hybridized carbons (Fsp3) is 0.321. The molecule has 41 heavy (non-hydrogen) atoms. The monoisotopic (exact) mass is 592 g/mol. The molecule has 1 unspecified atom stereocenters. The first-order chi connectivity index (χ1) is 19.7. The molecule has 13 heteroatoms. The van der Waals surface area contributed by atoms with Crippen molar-refractivity contribution in [3.63, 3.8) is 0 Å². The van der Waals surface area contributed by atoms with Crippen LogP contribution in [0, 0.1) is 0 Å². The van der Waals surface area contributed by atoms with Gasteiger partial charge in [0.15, 0.2) is 0 Å². The van der Waals surface area contributed by atoms with Crippen LogP contribution < -0.4 is 14.4 Å². The van der Waals surface area contributed by atoms with E-state index in [4.69, 9.17) is 4.74 Å². The molecule has 0 aliphatic carbocycles. The average molecular weight is 593 g/mol. The molecular formula is C28H28N6O5S2. The van der Waals surface area contributed by atoms with Crippen LogP contribution in [0.5, 0.6) is 5.88 Å². The fourth-order valence-corrected chi connectivity index (χ4v) is 7.51. The Labute approximate surface area is 241 Å². The van der Waals surface area contributed by atoms with Crippen molar-refractivity contribution < 1.29 is 22.7 Å². The molecule has 5 heterocycles. The maximum atomic E-state index is 13.7. The Balaban J connectivity index is 1.30. The standard InChI is InChI=1S/C28H28N6O5S2/c1-18(35)33-11-9-28(16-33)17-34(26(36)13-25-31-22-6-8-24(39-2)32-27(22)40-25)23-7-5-20(12-21(23)28)41(37,38)30-15-19-4-3-10-29-14-19/h3-8,10,12,14,30H,9,11,13,15-17H2,1-2H3. The Morgan fingerprint density at radius 3 is 2.73 bits per heavy atom. The number of rotatable bonds is 7. The molecule has 2 amide bonds. The summed E-state index contributed by atoms with van der Waals surface area (Å²) in [5, 5.41) is 0.629. The molecule has 11 nitrogen and oxygen atoms in total. The molecule has 1 saturated heterocycles. The van der Waals surface area contributed by atoms with E-state index in [0.717, 1.165) is 11.1 Å². The number of carbonyl (C=O) groups is 2. The predicted octanol–water partition coefficient (Wildman–Crippen LogP) is 2.65. The van der Waals surface area contributed by atoms with Gasteiger partial charge in [0.25, 0.3) is 0 Å². The molecule has 3 aromatic heterocycles. The number of hydrogen-bond acceptors (Lipinski definition) is 9. The Kier molecular flexibility index (Phi) is 6.96. The zero-order valence-electron chi connectivity index (χ0n) is 22.5. The van der Waals surface area contributed by atoms with E-state index in [1.165, 1.54) is 24.3 Å². The summed E-state index contributed by atoms with van der Waals surface area (Å²) in [6.45, 7) is 2.94. The van der Waals surface area contributed by atoms with Gasteiger partial charge in [-0.3, -0.25) is 14.6 Å². The zero-order chi connectivity index (χ0) is 28.8.